The van der Waals surface area contributed by atoms with E-state index in [1.54, 1.807) is 31.0 Å². The maximum atomic E-state index is 13.4. The van der Waals surface area contributed by atoms with Gasteiger partial charge in [0.05, 0.1) is 12.0 Å². The minimum atomic E-state index is -0.444. The molecule has 122 valence electrons. The number of aliphatic hydroxyl groups is 1. The molecule has 4 heteroatoms. The standard InChI is InChI=1S/C19H22FNO2/c1-14(16-9-6-10-17(20)13-16)19(23)21(2)18(11-12-22)15-7-4-3-5-8-15/h3-10,13-14,18,22H,11-12H2,1-2H3. The van der Waals surface area contributed by atoms with Crippen molar-refractivity contribution in [1.82, 2.24) is 4.90 Å². The number of halogens is 1. The van der Waals surface area contributed by atoms with Crippen LogP contribution < -0.4 is 0 Å². The van der Waals surface area contributed by atoms with Crippen LogP contribution in [0.2, 0.25) is 0 Å². The van der Waals surface area contributed by atoms with Gasteiger partial charge in [0.2, 0.25) is 5.91 Å². The minimum absolute atomic E-state index is 0.00841. The van der Waals surface area contributed by atoms with Gasteiger partial charge in [0.15, 0.2) is 0 Å². The monoisotopic (exact) mass is 315 g/mol. The number of likely N-dealkylation sites (N-methyl/N-ethyl adjacent to an activating group) is 1. The average Bonchev–Trinajstić information content (AvgIpc) is 2.58. The molecule has 2 aromatic rings. The van der Waals surface area contributed by atoms with E-state index in [4.69, 9.17) is 0 Å². The average molecular weight is 315 g/mol. The molecule has 0 fully saturated rings. The lowest BCUT2D eigenvalue weighted by Crippen LogP contribution is -2.34. The Hall–Kier alpha value is -2.20. The van der Waals surface area contributed by atoms with E-state index in [0.717, 1.165) is 5.56 Å². The Morgan fingerprint density at radius 1 is 1.13 bits per heavy atom. The molecule has 0 aliphatic heterocycles. The molecule has 2 unspecified atom stereocenters. The third-order valence-electron chi connectivity index (χ3n) is 4.12. The number of benzene rings is 2. The van der Waals surface area contributed by atoms with Crippen molar-refractivity contribution in [2.45, 2.75) is 25.3 Å². The first-order valence-electron chi connectivity index (χ1n) is 7.72. The summed E-state index contributed by atoms with van der Waals surface area (Å²) in [6, 6.07) is 15.5. The van der Waals surface area contributed by atoms with Crippen molar-refractivity contribution in [2.75, 3.05) is 13.7 Å². The molecule has 2 atom stereocenters. The lowest BCUT2D eigenvalue weighted by molar-refractivity contribution is -0.133. The molecule has 1 amide bonds. The molecule has 2 rings (SSSR count). The van der Waals surface area contributed by atoms with Gasteiger partial charge in [0.25, 0.3) is 0 Å². The van der Waals surface area contributed by atoms with Gasteiger partial charge in [-0.25, -0.2) is 4.39 Å². The van der Waals surface area contributed by atoms with Crippen LogP contribution in [0.25, 0.3) is 0 Å². The number of hydrogen-bond acceptors (Lipinski definition) is 2. The number of amides is 1. The van der Waals surface area contributed by atoms with E-state index in [2.05, 4.69) is 0 Å². The molecule has 0 saturated carbocycles. The van der Waals surface area contributed by atoms with Crippen molar-refractivity contribution in [1.29, 1.82) is 0 Å². The number of rotatable bonds is 6. The summed E-state index contributed by atoms with van der Waals surface area (Å²) in [4.78, 5) is 14.4. The zero-order valence-electron chi connectivity index (χ0n) is 13.4. The van der Waals surface area contributed by atoms with Gasteiger partial charge in [-0.05, 0) is 36.6 Å². The third-order valence-corrected chi connectivity index (χ3v) is 4.12. The fourth-order valence-corrected chi connectivity index (χ4v) is 2.76. The first-order chi connectivity index (χ1) is 11.0. The Bertz CT molecular complexity index is 645. The molecule has 0 aromatic heterocycles. The first kappa shape index (κ1) is 17.2. The summed E-state index contributed by atoms with van der Waals surface area (Å²) in [6.07, 6.45) is 0.460. The Morgan fingerprint density at radius 2 is 1.78 bits per heavy atom. The number of carbonyl (C=O) groups excluding carboxylic acids is 1. The van der Waals surface area contributed by atoms with Crippen molar-refractivity contribution < 1.29 is 14.3 Å². The third kappa shape index (κ3) is 4.17. The number of carbonyl (C=O) groups is 1. The van der Waals surface area contributed by atoms with Crippen molar-refractivity contribution >= 4 is 5.91 Å². The van der Waals surface area contributed by atoms with E-state index in [1.165, 1.54) is 12.1 Å². The number of aliphatic hydroxyl groups excluding tert-OH is 1. The van der Waals surface area contributed by atoms with Gasteiger partial charge in [0, 0.05) is 13.7 Å². The minimum Gasteiger partial charge on any atom is -0.396 e. The first-order valence-corrected chi connectivity index (χ1v) is 7.72. The lowest BCUT2D eigenvalue weighted by Gasteiger charge is -2.30. The van der Waals surface area contributed by atoms with E-state index in [-0.39, 0.29) is 24.4 Å². The van der Waals surface area contributed by atoms with Gasteiger partial charge in [-0.1, -0.05) is 42.5 Å². The summed E-state index contributed by atoms with van der Waals surface area (Å²) >= 11 is 0. The molecule has 0 bridgehead atoms. The Labute approximate surface area is 136 Å². The van der Waals surface area contributed by atoms with E-state index < -0.39 is 5.92 Å². The van der Waals surface area contributed by atoms with Gasteiger partial charge >= 0.3 is 0 Å². The highest BCUT2D eigenvalue weighted by atomic mass is 19.1. The summed E-state index contributed by atoms with van der Waals surface area (Å²) in [5.41, 5.74) is 1.63. The maximum Gasteiger partial charge on any atom is 0.230 e. The summed E-state index contributed by atoms with van der Waals surface area (Å²) in [7, 11) is 1.73. The molecule has 0 aliphatic rings. The number of nitrogens with zero attached hydrogens (tertiary/aromatic N) is 1. The second-order valence-corrected chi connectivity index (χ2v) is 5.66. The van der Waals surface area contributed by atoms with E-state index in [1.807, 2.05) is 30.3 Å². The van der Waals surface area contributed by atoms with Gasteiger partial charge < -0.3 is 10.0 Å². The molecule has 2 aromatic carbocycles. The summed E-state index contributed by atoms with van der Waals surface area (Å²) in [5.74, 6) is -0.890. The van der Waals surface area contributed by atoms with Gasteiger partial charge in [-0.15, -0.1) is 0 Å². The zero-order chi connectivity index (χ0) is 16.8. The molecule has 1 N–H and O–H groups in total. The second-order valence-electron chi connectivity index (χ2n) is 5.66. The topological polar surface area (TPSA) is 40.5 Å². The van der Waals surface area contributed by atoms with E-state index in [9.17, 15) is 14.3 Å². The fraction of sp³-hybridized carbons (Fsp3) is 0.316. The molecule has 0 heterocycles. The van der Waals surface area contributed by atoms with Crippen LogP contribution in [-0.4, -0.2) is 29.6 Å². The molecular formula is C19H22FNO2. The maximum absolute atomic E-state index is 13.4. The van der Waals surface area contributed by atoms with Crippen LogP contribution >= 0.6 is 0 Å². The zero-order valence-corrected chi connectivity index (χ0v) is 13.4. The predicted octanol–water partition coefficient (Wildman–Crippen LogP) is 3.51. The SMILES string of the molecule is CC(C(=O)N(C)C(CCO)c1ccccc1)c1cccc(F)c1. The highest BCUT2D eigenvalue weighted by Gasteiger charge is 2.26. The lowest BCUT2D eigenvalue weighted by atomic mass is 9.96. The van der Waals surface area contributed by atoms with Crippen LogP contribution in [0.15, 0.2) is 54.6 Å². The Kier molecular flexibility index (Phi) is 5.88. The molecule has 0 aliphatic carbocycles. The highest BCUT2D eigenvalue weighted by Crippen LogP contribution is 2.27. The summed E-state index contributed by atoms with van der Waals surface area (Å²) in [6.45, 7) is 1.76. The summed E-state index contributed by atoms with van der Waals surface area (Å²) in [5, 5.41) is 9.33. The van der Waals surface area contributed by atoms with Gasteiger partial charge in [-0.2, -0.15) is 0 Å². The Balaban J connectivity index is 2.22. The second kappa shape index (κ2) is 7.88. The largest absolute Gasteiger partial charge is 0.396 e. The van der Waals surface area contributed by atoms with Crippen molar-refractivity contribution in [3.05, 3.63) is 71.5 Å². The quantitative estimate of drug-likeness (QED) is 0.886. The van der Waals surface area contributed by atoms with Crippen LogP contribution in [0.1, 0.15) is 36.4 Å². The molecule has 0 saturated heterocycles. The number of hydrogen-bond donors (Lipinski definition) is 1. The summed E-state index contributed by atoms with van der Waals surface area (Å²) < 4.78 is 13.4. The molecule has 0 spiro atoms. The van der Waals surface area contributed by atoms with Crippen LogP contribution in [0.3, 0.4) is 0 Å². The van der Waals surface area contributed by atoms with Gasteiger partial charge in [0.1, 0.15) is 5.82 Å². The predicted molar refractivity (Wildman–Crippen MR) is 88.5 cm³/mol. The van der Waals surface area contributed by atoms with Crippen LogP contribution in [-0.2, 0) is 4.79 Å². The van der Waals surface area contributed by atoms with Crippen LogP contribution in [0, 0.1) is 5.82 Å². The van der Waals surface area contributed by atoms with E-state index >= 15 is 0 Å². The van der Waals surface area contributed by atoms with Crippen molar-refractivity contribution in [3.63, 3.8) is 0 Å². The van der Waals surface area contributed by atoms with Crippen LogP contribution in [0.5, 0.6) is 0 Å². The van der Waals surface area contributed by atoms with Crippen LogP contribution in [0.4, 0.5) is 4.39 Å². The Morgan fingerprint density at radius 3 is 2.39 bits per heavy atom. The molecule has 3 nitrogen and oxygen atoms in total. The molecule has 23 heavy (non-hydrogen) atoms. The fourth-order valence-electron chi connectivity index (χ4n) is 2.76. The molecule has 0 radical (unpaired) electrons. The van der Waals surface area contributed by atoms with Crippen molar-refractivity contribution in [3.8, 4) is 0 Å². The van der Waals surface area contributed by atoms with Crippen molar-refractivity contribution in [2.24, 2.45) is 0 Å². The normalized spacial score (nSPS) is 13.4. The van der Waals surface area contributed by atoms with E-state index in [0.29, 0.717) is 12.0 Å². The highest BCUT2D eigenvalue weighted by molar-refractivity contribution is 5.83. The molecular weight excluding hydrogens is 293 g/mol. The van der Waals surface area contributed by atoms with Gasteiger partial charge in [-0.3, -0.25) is 4.79 Å². The smallest absolute Gasteiger partial charge is 0.230 e.